The Labute approximate surface area is 206 Å². The third-order valence-electron chi connectivity index (χ3n) is 4.68. The fraction of sp³-hybridized carbons (Fsp3) is 0.296. The van der Waals surface area contributed by atoms with Gasteiger partial charge in [-0.15, -0.1) is 0 Å². The van der Waals surface area contributed by atoms with Gasteiger partial charge in [0.25, 0.3) is 0 Å². The Morgan fingerprint density at radius 1 is 1.21 bits per heavy atom. The molecule has 6 nitrogen and oxygen atoms in total. The van der Waals surface area contributed by atoms with Gasteiger partial charge in [-0.2, -0.15) is 0 Å². The summed E-state index contributed by atoms with van der Waals surface area (Å²) in [4.78, 5) is 27.8. The van der Waals surface area contributed by atoms with Gasteiger partial charge in [-0.3, -0.25) is 9.59 Å². The molecule has 0 aliphatic heterocycles. The van der Waals surface area contributed by atoms with E-state index < -0.39 is 5.97 Å². The normalized spacial score (nSPS) is 13.1. The summed E-state index contributed by atoms with van der Waals surface area (Å²) < 4.78 is 11.6. The van der Waals surface area contributed by atoms with Gasteiger partial charge >= 0.3 is 5.97 Å². The number of ketones is 1. The van der Waals surface area contributed by atoms with Crippen molar-refractivity contribution < 1.29 is 24.2 Å². The summed E-state index contributed by atoms with van der Waals surface area (Å²) in [6.07, 6.45) is 10.2. The van der Waals surface area contributed by atoms with Crippen LogP contribution in [0.1, 0.15) is 50.4 Å². The predicted molar refractivity (Wildman–Crippen MR) is 136 cm³/mol. The van der Waals surface area contributed by atoms with Gasteiger partial charge < -0.3 is 14.6 Å². The molecule has 0 saturated carbocycles. The molecule has 0 aromatic carbocycles. The van der Waals surface area contributed by atoms with Crippen LogP contribution in [-0.4, -0.2) is 34.6 Å². The third-order valence-corrected chi connectivity index (χ3v) is 4.89. The Morgan fingerprint density at radius 2 is 1.91 bits per heavy atom. The minimum Gasteiger partial charge on any atom is -0.498 e. The first-order chi connectivity index (χ1) is 16.1. The van der Waals surface area contributed by atoms with Crippen LogP contribution in [-0.2, 0) is 9.53 Å². The molecule has 0 unspecified atom stereocenters. The number of rotatable bonds is 15. The average Bonchev–Trinajstić information content (AvgIpc) is 2.77. The summed E-state index contributed by atoms with van der Waals surface area (Å²) in [5.41, 5.74) is 2.27. The number of aliphatic carboxylic acids is 1. The van der Waals surface area contributed by atoms with Crippen LogP contribution in [0.2, 0.25) is 5.02 Å². The molecule has 0 aliphatic carbocycles. The number of ether oxygens (including phenoxy) is 2. The molecule has 7 heteroatoms. The highest BCUT2D eigenvalue weighted by molar-refractivity contribution is 6.31. The number of carbonyl (C=O) groups excluding carboxylic acids is 1. The first-order valence-corrected chi connectivity index (χ1v) is 11.2. The summed E-state index contributed by atoms with van der Waals surface area (Å²) in [5, 5.41) is 9.19. The second-order valence-electron chi connectivity index (χ2n) is 7.61. The number of carboxylic acid groups (broad SMARTS) is 1. The van der Waals surface area contributed by atoms with Crippen molar-refractivity contribution in [1.82, 2.24) is 4.98 Å². The Kier molecular flexibility index (Phi) is 12.4. The van der Waals surface area contributed by atoms with Crippen molar-refractivity contribution in [2.75, 3.05) is 6.61 Å². The van der Waals surface area contributed by atoms with E-state index in [1.165, 1.54) is 24.4 Å². The van der Waals surface area contributed by atoms with Gasteiger partial charge in [0.05, 0.1) is 23.0 Å². The molecule has 1 heterocycles. The maximum Gasteiger partial charge on any atom is 0.303 e. The zero-order chi connectivity index (χ0) is 25.7. The second-order valence-corrected chi connectivity index (χ2v) is 8.04. The lowest BCUT2D eigenvalue weighted by Crippen LogP contribution is -2.17. The van der Waals surface area contributed by atoms with Crippen LogP contribution in [0, 0.1) is 0 Å². The quantitative estimate of drug-likeness (QED) is 0.129. The molecule has 0 amide bonds. The van der Waals surface area contributed by atoms with E-state index in [4.69, 9.17) is 26.2 Å². The number of halogens is 1. The molecule has 0 bridgehead atoms. The Morgan fingerprint density at radius 3 is 2.50 bits per heavy atom. The number of carboxylic acids is 1. The summed E-state index contributed by atoms with van der Waals surface area (Å²) in [6, 6.07) is 1.51. The fourth-order valence-corrected chi connectivity index (χ4v) is 2.94. The van der Waals surface area contributed by atoms with E-state index in [9.17, 15) is 9.59 Å². The minimum atomic E-state index is -0.851. The van der Waals surface area contributed by atoms with Crippen LogP contribution >= 0.6 is 11.6 Å². The average molecular weight is 486 g/mol. The number of pyridine rings is 1. The highest BCUT2D eigenvalue weighted by Gasteiger charge is 2.19. The molecule has 0 saturated heterocycles. The van der Waals surface area contributed by atoms with Gasteiger partial charge in [0.15, 0.2) is 5.78 Å². The fourth-order valence-electron chi connectivity index (χ4n) is 2.78. The lowest BCUT2D eigenvalue weighted by molar-refractivity contribution is -0.136. The molecule has 0 radical (unpaired) electrons. The highest BCUT2D eigenvalue weighted by atomic mass is 35.5. The standard InChI is InChI=1S/C27H32ClNO5/c1-7-9-21(8-2)26(32)24-16-23(28)17-29-27(24)34-20(6)14-15-33-19(5)10-11-22(18(3)4)12-13-25(30)31/h7-11,16-17,20H,1-3,12-15H2,4-6H3,(H,30,31)/b19-10+,21-9+,22-11-/t20-/m1/s1. The molecule has 1 rings (SSSR count). The van der Waals surface area contributed by atoms with Crippen molar-refractivity contribution in [2.45, 2.75) is 46.1 Å². The van der Waals surface area contributed by atoms with Gasteiger partial charge in [-0.1, -0.05) is 61.2 Å². The van der Waals surface area contributed by atoms with Crippen LogP contribution in [0.25, 0.3) is 0 Å². The van der Waals surface area contributed by atoms with E-state index in [-0.39, 0.29) is 29.8 Å². The Hall–Kier alpha value is -3.38. The summed E-state index contributed by atoms with van der Waals surface area (Å²) >= 11 is 6.05. The van der Waals surface area contributed by atoms with Crippen LogP contribution in [0.3, 0.4) is 0 Å². The molecule has 34 heavy (non-hydrogen) atoms. The molecule has 0 aliphatic rings. The summed E-state index contributed by atoms with van der Waals surface area (Å²) in [6.45, 7) is 17.0. The number of aromatic nitrogens is 1. The predicted octanol–water partition coefficient (Wildman–Crippen LogP) is 6.66. The number of hydrogen-bond acceptors (Lipinski definition) is 5. The van der Waals surface area contributed by atoms with Crippen molar-refractivity contribution in [3.8, 4) is 5.88 Å². The smallest absolute Gasteiger partial charge is 0.303 e. The highest BCUT2D eigenvalue weighted by Crippen LogP contribution is 2.24. The van der Waals surface area contributed by atoms with Gasteiger partial charge in [-0.25, -0.2) is 4.98 Å². The van der Waals surface area contributed by atoms with Crippen molar-refractivity contribution in [3.05, 3.63) is 95.4 Å². The Bertz CT molecular complexity index is 1020. The molecule has 1 aromatic rings. The maximum absolute atomic E-state index is 12.8. The summed E-state index contributed by atoms with van der Waals surface area (Å²) in [5.74, 6) is -0.314. The van der Waals surface area contributed by atoms with Crippen LogP contribution in [0.15, 0.2) is 84.9 Å². The third kappa shape index (κ3) is 10.0. The zero-order valence-corrected chi connectivity index (χ0v) is 20.7. The van der Waals surface area contributed by atoms with E-state index in [0.717, 1.165) is 11.1 Å². The van der Waals surface area contributed by atoms with Crippen LogP contribution in [0.4, 0.5) is 0 Å². The molecule has 1 aromatic heterocycles. The number of carbonyl (C=O) groups is 2. The van der Waals surface area contributed by atoms with Gasteiger partial charge in [0, 0.05) is 24.6 Å². The molecular weight excluding hydrogens is 454 g/mol. The van der Waals surface area contributed by atoms with Gasteiger partial charge in [0.2, 0.25) is 5.88 Å². The largest absolute Gasteiger partial charge is 0.498 e. The zero-order valence-electron chi connectivity index (χ0n) is 20.0. The van der Waals surface area contributed by atoms with E-state index in [0.29, 0.717) is 35.8 Å². The van der Waals surface area contributed by atoms with Crippen LogP contribution in [0.5, 0.6) is 5.88 Å². The molecule has 1 atom stereocenters. The monoisotopic (exact) mass is 485 g/mol. The number of allylic oxidation sites excluding steroid dienone is 9. The number of Topliss-reactive ketones (excluding diaryl/α,β-unsaturated/α-hetero) is 1. The van der Waals surface area contributed by atoms with Crippen LogP contribution < -0.4 is 4.74 Å². The SMILES string of the molecule is C=C/C=C(\C=C)C(=O)c1cc(Cl)cnc1O[C@H](C)CCO/C(C)=C/C=C(/CCC(=O)O)C(=C)C. The van der Waals surface area contributed by atoms with Crippen molar-refractivity contribution in [3.63, 3.8) is 0 Å². The Balaban J connectivity index is 2.78. The molecule has 182 valence electrons. The first kappa shape index (κ1) is 28.7. The topological polar surface area (TPSA) is 85.7 Å². The summed E-state index contributed by atoms with van der Waals surface area (Å²) in [7, 11) is 0. The lowest BCUT2D eigenvalue weighted by Gasteiger charge is -2.17. The van der Waals surface area contributed by atoms with E-state index in [2.05, 4.69) is 24.7 Å². The first-order valence-electron chi connectivity index (χ1n) is 10.8. The van der Waals surface area contributed by atoms with Crippen molar-refractivity contribution >= 4 is 23.4 Å². The van der Waals surface area contributed by atoms with E-state index in [1.807, 2.05) is 26.8 Å². The molecule has 1 N–H and O–H groups in total. The molecular formula is C27H32ClNO5. The van der Waals surface area contributed by atoms with Gasteiger partial charge in [-0.05, 0) is 44.9 Å². The lowest BCUT2D eigenvalue weighted by atomic mass is 10.0. The maximum atomic E-state index is 12.8. The van der Waals surface area contributed by atoms with E-state index >= 15 is 0 Å². The number of nitrogens with zero attached hydrogens (tertiary/aromatic N) is 1. The van der Waals surface area contributed by atoms with Crippen molar-refractivity contribution in [2.24, 2.45) is 0 Å². The molecule has 0 spiro atoms. The van der Waals surface area contributed by atoms with E-state index in [1.54, 1.807) is 12.2 Å². The van der Waals surface area contributed by atoms with Crippen molar-refractivity contribution in [1.29, 1.82) is 0 Å². The van der Waals surface area contributed by atoms with Gasteiger partial charge in [0.1, 0.15) is 6.10 Å². The number of hydrogen-bond donors (Lipinski definition) is 1. The minimum absolute atomic E-state index is 0.0438. The second kappa shape index (κ2) is 14.7. The molecule has 0 fully saturated rings.